The monoisotopic (exact) mass is 327 g/mol. The molecule has 0 radical (unpaired) electrons. The van der Waals surface area contributed by atoms with E-state index in [1.807, 2.05) is 0 Å². The van der Waals surface area contributed by atoms with E-state index in [9.17, 15) is 22.3 Å². The van der Waals surface area contributed by atoms with Gasteiger partial charge in [-0.1, -0.05) is 18.2 Å². The lowest BCUT2D eigenvalue weighted by atomic mass is 10.1. The van der Waals surface area contributed by atoms with Crippen LogP contribution in [0.4, 0.5) is 8.78 Å². The number of benzene rings is 2. The number of nitrogens with one attached hydrogen (secondary N) is 1. The molecule has 0 aliphatic rings. The van der Waals surface area contributed by atoms with Gasteiger partial charge in [-0.05, 0) is 42.3 Å². The summed E-state index contributed by atoms with van der Waals surface area (Å²) in [5, 5.41) is 9.92. The molecule has 2 aromatic rings. The van der Waals surface area contributed by atoms with Crippen molar-refractivity contribution in [2.45, 2.75) is 17.9 Å². The van der Waals surface area contributed by atoms with E-state index in [1.165, 1.54) is 36.4 Å². The van der Waals surface area contributed by atoms with E-state index in [4.69, 9.17) is 0 Å². The SMILES string of the molecule is Cc1ccc(F)cc1S(=O)(=O)NCC(O)c1ccc(F)cc1. The smallest absolute Gasteiger partial charge is 0.241 e. The van der Waals surface area contributed by atoms with Gasteiger partial charge in [0.2, 0.25) is 10.0 Å². The van der Waals surface area contributed by atoms with Crippen LogP contribution in [-0.4, -0.2) is 20.1 Å². The number of rotatable bonds is 5. The third-order valence-corrected chi connectivity index (χ3v) is 4.73. The van der Waals surface area contributed by atoms with Crippen LogP contribution >= 0.6 is 0 Å². The van der Waals surface area contributed by atoms with Gasteiger partial charge in [-0.2, -0.15) is 0 Å². The molecule has 2 rings (SSSR count). The second-order valence-corrected chi connectivity index (χ2v) is 6.56. The number of hydrogen-bond donors (Lipinski definition) is 2. The van der Waals surface area contributed by atoms with Gasteiger partial charge >= 0.3 is 0 Å². The average molecular weight is 327 g/mol. The molecular formula is C15H15F2NO3S. The Balaban J connectivity index is 2.12. The molecule has 0 aromatic heterocycles. The summed E-state index contributed by atoms with van der Waals surface area (Å²) in [5.41, 5.74) is 0.769. The highest BCUT2D eigenvalue weighted by molar-refractivity contribution is 7.89. The maximum Gasteiger partial charge on any atom is 0.241 e. The Morgan fingerprint density at radius 1 is 1.09 bits per heavy atom. The third kappa shape index (κ3) is 3.88. The molecule has 2 N–H and O–H groups in total. The first kappa shape index (κ1) is 16.5. The lowest BCUT2D eigenvalue weighted by Crippen LogP contribution is -2.29. The summed E-state index contributed by atoms with van der Waals surface area (Å²) in [5.74, 6) is -1.11. The second-order valence-electron chi connectivity index (χ2n) is 4.83. The van der Waals surface area contributed by atoms with Gasteiger partial charge in [0.15, 0.2) is 0 Å². The largest absolute Gasteiger partial charge is 0.387 e. The van der Waals surface area contributed by atoms with Gasteiger partial charge in [-0.25, -0.2) is 21.9 Å². The molecule has 22 heavy (non-hydrogen) atoms. The van der Waals surface area contributed by atoms with Gasteiger partial charge in [-0.15, -0.1) is 0 Å². The Labute approximate surface area is 127 Å². The Morgan fingerprint density at radius 3 is 2.32 bits per heavy atom. The van der Waals surface area contributed by atoms with Crippen molar-refractivity contribution in [3.05, 3.63) is 65.2 Å². The summed E-state index contributed by atoms with van der Waals surface area (Å²) < 4.78 is 52.5. The van der Waals surface area contributed by atoms with E-state index < -0.39 is 27.8 Å². The highest BCUT2D eigenvalue weighted by Crippen LogP contribution is 2.18. The molecule has 118 valence electrons. The van der Waals surface area contributed by atoms with Crippen LogP contribution in [0.15, 0.2) is 47.4 Å². The molecule has 4 nitrogen and oxygen atoms in total. The van der Waals surface area contributed by atoms with Crippen molar-refractivity contribution < 1.29 is 22.3 Å². The minimum atomic E-state index is -3.95. The van der Waals surface area contributed by atoms with E-state index in [1.54, 1.807) is 6.92 Å². The fourth-order valence-electron chi connectivity index (χ4n) is 1.93. The molecule has 0 fully saturated rings. The van der Waals surface area contributed by atoms with E-state index in [-0.39, 0.29) is 11.4 Å². The molecule has 7 heteroatoms. The first-order valence-electron chi connectivity index (χ1n) is 6.49. The van der Waals surface area contributed by atoms with Crippen LogP contribution in [0.2, 0.25) is 0 Å². The zero-order valence-electron chi connectivity index (χ0n) is 11.8. The lowest BCUT2D eigenvalue weighted by Gasteiger charge is -2.14. The first-order chi connectivity index (χ1) is 10.3. The minimum Gasteiger partial charge on any atom is -0.387 e. The van der Waals surface area contributed by atoms with Gasteiger partial charge < -0.3 is 5.11 Å². The molecule has 1 unspecified atom stereocenters. The Bertz CT molecular complexity index is 761. The number of sulfonamides is 1. The number of aliphatic hydroxyl groups excluding tert-OH is 1. The Hall–Kier alpha value is -1.83. The molecule has 0 aliphatic heterocycles. The average Bonchev–Trinajstić information content (AvgIpc) is 2.48. The van der Waals surface area contributed by atoms with E-state index in [2.05, 4.69) is 4.72 Å². The van der Waals surface area contributed by atoms with Crippen molar-refractivity contribution in [3.63, 3.8) is 0 Å². The van der Waals surface area contributed by atoms with Crippen molar-refractivity contribution in [1.82, 2.24) is 4.72 Å². The third-order valence-electron chi connectivity index (χ3n) is 3.16. The molecule has 1 atom stereocenters. The molecule has 0 heterocycles. The van der Waals surface area contributed by atoms with Gasteiger partial charge in [-0.3, -0.25) is 0 Å². The van der Waals surface area contributed by atoms with Crippen LogP contribution in [0.1, 0.15) is 17.2 Å². The molecule has 0 bridgehead atoms. The second kappa shape index (κ2) is 6.51. The Morgan fingerprint density at radius 2 is 1.68 bits per heavy atom. The molecule has 0 spiro atoms. The van der Waals surface area contributed by atoms with E-state index in [0.717, 1.165) is 6.07 Å². The van der Waals surface area contributed by atoms with Gasteiger partial charge in [0.1, 0.15) is 11.6 Å². The number of aryl methyl sites for hydroxylation is 1. The fraction of sp³-hybridized carbons (Fsp3) is 0.200. The van der Waals surface area contributed by atoms with Crippen molar-refractivity contribution in [3.8, 4) is 0 Å². The topological polar surface area (TPSA) is 66.4 Å². The normalized spacial score (nSPS) is 13.1. The maximum absolute atomic E-state index is 13.2. The molecule has 0 aliphatic carbocycles. The maximum atomic E-state index is 13.2. The summed E-state index contributed by atoms with van der Waals surface area (Å²) >= 11 is 0. The predicted octanol–water partition coefficient (Wildman–Crippen LogP) is 2.29. The van der Waals surface area contributed by atoms with Crippen molar-refractivity contribution >= 4 is 10.0 Å². The predicted molar refractivity (Wildman–Crippen MR) is 77.7 cm³/mol. The summed E-state index contributed by atoms with van der Waals surface area (Å²) in [6.07, 6.45) is -1.13. The standard InChI is InChI=1S/C15H15F2NO3S/c1-10-2-5-13(17)8-15(10)22(20,21)18-9-14(19)11-3-6-12(16)7-4-11/h2-8,14,18-19H,9H2,1H3. The van der Waals surface area contributed by atoms with E-state index in [0.29, 0.717) is 11.1 Å². The van der Waals surface area contributed by atoms with Crippen LogP contribution in [0.25, 0.3) is 0 Å². The highest BCUT2D eigenvalue weighted by Gasteiger charge is 2.19. The summed E-state index contributed by atoms with van der Waals surface area (Å²) in [6.45, 7) is 1.24. The van der Waals surface area contributed by atoms with Crippen LogP contribution < -0.4 is 4.72 Å². The first-order valence-corrected chi connectivity index (χ1v) is 7.97. The Kier molecular flexibility index (Phi) is 4.90. The van der Waals surface area contributed by atoms with Crippen LogP contribution in [0.3, 0.4) is 0 Å². The zero-order chi connectivity index (χ0) is 16.3. The quantitative estimate of drug-likeness (QED) is 0.885. The van der Waals surface area contributed by atoms with Crippen molar-refractivity contribution in [2.75, 3.05) is 6.54 Å². The number of halogens is 2. The number of hydrogen-bond acceptors (Lipinski definition) is 3. The molecule has 2 aromatic carbocycles. The summed E-state index contributed by atoms with van der Waals surface area (Å²) in [6, 6.07) is 8.51. The lowest BCUT2D eigenvalue weighted by molar-refractivity contribution is 0.182. The van der Waals surface area contributed by atoms with Gasteiger partial charge in [0.25, 0.3) is 0 Å². The fourth-order valence-corrected chi connectivity index (χ4v) is 3.23. The molecular weight excluding hydrogens is 312 g/mol. The van der Waals surface area contributed by atoms with Crippen LogP contribution in [0, 0.1) is 18.6 Å². The van der Waals surface area contributed by atoms with Crippen LogP contribution in [-0.2, 0) is 10.0 Å². The molecule has 0 saturated heterocycles. The molecule has 0 amide bonds. The summed E-state index contributed by atoms with van der Waals surface area (Å²) in [7, 11) is -3.95. The van der Waals surface area contributed by atoms with Crippen LogP contribution in [0.5, 0.6) is 0 Å². The van der Waals surface area contributed by atoms with E-state index >= 15 is 0 Å². The van der Waals surface area contributed by atoms with Crippen molar-refractivity contribution in [1.29, 1.82) is 0 Å². The van der Waals surface area contributed by atoms with Crippen molar-refractivity contribution in [2.24, 2.45) is 0 Å². The number of aliphatic hydroxyl groups is 1. The minimum absolute atomic E-state index is 0.182. The van der Waals surface area contributed by atoms with Gasteiger partial charge in [0, 0.05) is 6.54 Å². The highest BCUT2D eigenvalue weighted by atomic mass is 32.2. The molecule has 0 saturated carbocycles. The van der Waals surface area contributed by atoms with Gasteiger partial charge in [0.05, 0.1) is 11.0 Å². The zero-order valence-corrected chi connectivity index (χ0v) is 12.6. The summed E-state index contributed by atoms with van der Waals surface area (Å²) in [4.78, 5) is -0.182.